The summed E-state index contributed by atoms with van der Waals surface area (Å²) in [6.07, 6.45) is 0. The number of rotatable bonds is 6. The number of nitrogens with zero attached hydrogens (tertiary/aromatic N) is 1. The molecular weight excluding hydrogens is 332 g/mol. The number of hydrogen-bond acceptors (Lipinski definition) is 4. The smallest absolute Gasteiger partial charge is 0.254 e. The fourth-order valence-electron chi connectivity index (χ4n) is 2.51. The summed E-state index contributed by atoms with van der Waals surface area (Å²) in [5.41, 5.74) is 3.24. The van der Waals surface area contributed by atoms with Crippen LogP contribution in [0, 0.1) is 13.8 Å². The fourth-order valence-corrected chi connectivity index (χ4v) is 2.51. The first kappa shape index (κ1) is 19.3. The number of nitrogens with one attached hydrogen (secondary N) is 1. The molecule has 1 N–H and O–H groups in total. The molecule has 6 nitrogen and oxygen atoms in total. The lowest BCUT2D eigenvalue weighted by molar-refractivity contribution is -0.116. The molecule has 0 fully saturated rings. The molecule has 6 heteroatoms. The number of carbonyl (C=O) groups excluding carboxylic acids is 2. The largest absolute Gasteiger partial charge is 0.497 e. The average Bonchev–Trinajstić information content (AvgIpc) is 2.64. The van der Waals surface area contributed by atoms with Crippen LogP contribution in [0.25, 0.3) is 0 Å². The van der Waals surface area contributed by atoms with Gasteiger partial charge < -0.3 is 19.7 Å². The normalized spacial score (nSPS) is 10.2. The highest BCUT2D eigenvalue weighted by Gasteiger charge is 2.17. The zero-order valence-corrected chi connectivity index (χ0v) is 15.8. The van der Waals surface area contributed by atoms with Crippen LogP contribution in [-0.4, -0.2) is 44.5 Å². The van der Waals surface area contributed by atoms with Crippen LogP contribution in [0.3, 0.4) is 0 Å². The van der Waals surface area contributed by atoms with Gasteiger partial charge >= 0.3 is 0 Å². The predicted molar refractivity (Wildman–Crippen MR) is 101 cm³/mol. The monoisotopic (exact) mass is 356 g/mol. The van der Waals surface area contributed by atoms with Crippen molar-refractivity contribution in [2.75, 3.05) is 33.1 Å². The van der Waals surface area contributed by atoms with Crippen molar-refractivity contribution >= 4 is 17.5 Å². The summed E-state index contributed by atoms with van der Waals surface area (Å²) < 4.78 is 10.4. The van der Waals surface area contributed by atoms with E-state index in [9.17, 15) is 9.59 Å². The third-order valence-electron chi connectivity index (χ3n) is 4.20. The highest BCUT2D eigenvalue weighted by Crippen LogP contribution is 2.23. The molecule has 2 amide bonds. The average molecular weight is 356 g/mol. The fraction of sp³-hybridized carbons (Fsp3) is 0.300. The number of anilines is 1. The Morgan fingerprint density at radius 2 is 1.65 bits per heavy atom. The summed E-state index contributed by atoms with van der Waals surface area (Å²) in [6, 6.07) is 10.6. The number of methoxy groups -OCH3 is 2. The zero-order valence-electron chi connectivity index (χ0n) is 15.8. The SMILES string of the molecule is COc1cc(OC)cc(C(=O)N(C)CC(=O)Nc2cccc(C)c2C)c1. The van der Waals surface area contributed by atoms with Crippen molar-refractivity contribution in [1.29, 1.82) is 0 Å². The maximum atomic E-state index is 12.6. The minimum Gasteiger partial charge on any atom is -0.497 e. The summed E-state index contributed by atoms with van der Waals surface area (Å²) in [5, 5.41) is 2.85. The molecule has 0 atom stereocenters. The van der Waals surface area contributed by atoms with E-state index in [1.165, 1.54) is 19.1 Å². The lowest BCUT2D eigenvalue weighted by Crippen LogP contribution is -2.35. The van der Waals surface area contributed by atoms with Crippen molar-refractivity contribution < 1.29 is 19.1 Å². The molecule has 138 valence electrons. The minimum atomic E-state index is -0.293. The third-order valence-corrected chi connectivity index (χ3v) is 4.20. The first-order valence-electron chi connectivity index (χ1n) is 8.20. The van der Waals surface area contributed by atoms with Gasteiger partial charge in [0.15, 0.2) is 0 Å². The molecule has 0 spiro atoms. The number of ether oxygens (including phenoxy) is 2. The van der Waals surface area contributed by atoms with Crippen LogP contribution in [0.15, 0.2) is 36.4 Å². The van der Waals surface area contributed by atoms with Crippen LogP contribution in [0.2, 0.25) is 0 Å². The Kier molecular flexibility index (Phi) is 6.22. The first-order valence-corrected chi connectivity index (χ1v) is 8.20. The van der Waals surface area contributed by atoms with Crippen molar-refractivity contribution in [1.82, 2.24) is 4.90 Å². The molecular formula is C20H24N2O4. The lowest BCUT2D eigenvalue weighted by Gasteiger charge is -2.18. The molecule has 0 radical (unpaired) electrons. The molecule has 0 bridgehead atoms. The van der Waals surface area contributed by atoms with Crippen LogP contribution < -0.4 is 14.8 Å². The quantitative estimate of drug-likeness (QED) is 0.864. The van der Waals surface area contributed by atoms with Gasteiger partial charge in [-0.2, -0.15) is 0 Å². The van der Waals surface area contributed by atoms with E-state index in [-0.39, 0.29) is 18.4 Å². The third kappa shape index (κ3) is 4.53. The zero-order chi connectivity index (χ0) is 19.3. The van der Waals surface area contributed by atoms with E-state index in [1.807, 2.05) is 32.0 Å². The van der Waals surface area contributed by atoms with E-state index in [4.69, 9.17) is 9.47 Å². The number of carbonyl (C=O) groups is 2. The highest BCUT2D eigenvalue weighted by atomic mass is 16.5. The van der Waals surface area contributed by atoms with E-state index >= 15 is 0 Å². The van der Waals surface area contributed by atoms with Crippen molar-refractivity contribution in [2.24, 2.45) is 0 Å². The predicted octanol–water partition coefficient (Wildman–Crippen LogP) is 3.03. The van der Waals surface area contributed by atoms with E-state index in [0.717, 1.165) is 16.8 Å². The van der Waals surface area contributed by atoms with Crippen LogP contribution in [0.4, 0.5) is 5.69 Å². The molecule has 0 aliphatic rings. The van der Waals surface area contributed by atoms with Crippen LogP contribution in [0.1, 0.15) is 21.5 Å². The maximum Gasteiger partial charge on any atom is 0.254 e. The number of aryl methyl sites for hydroxylation is 1. The molecule has 0 unspecified atom stereocenters. The van der Waals surface area contributed by atoms with Gasteiger partial charge in [0.05, 0.1) is 20.8 Å². The molecule has 0 saturated heterocycles. The Labute approximate surface area is 153 Å². The summed E-state index contributed by atoms with van der Waals surface area (Å²) in [4.78, 5) is 26.3. The number of hydrogen-bond donors (Lipinski definition) is 1. The number of benzene rings is 2. The molecule has 0 saturated carbocycles. The van der Waals surface area contributed by atoms with Gasteiger partial charge in [-0.05, 0) is 43.2 Å². The minimum absolute atomic E-state index is 0.0637. The summed E-state index contributed by atoms with van der Waals surface area (Å²) in [7, 11) is 4.62. The Bertz CT molecular complexity index is 795. The van der Waals surface area contributed by atoms with Crippen LogP contribution in [0.5, 0.6) is 11.5 Å². The molecule has 2 rings (SSSR count). The van der Waals surface area contributed by atoms with Crippen LogP contribution >= 0.6 is 0 Å². The van der Waals surface area contributed by atoms with Gasteiger partial charge in [-0.25, -0.2) is 0 Å². The van der Waals surface area contributed by atoms with Gasteiger partial charge in [-0.3, -0.25) is 9.59 Å². The highest BCUT2D eigenvalue weighted by molar-refractivity contribution is 6.00. The van der Waals surface area contributed by atoms with E-state index < -0.39 is 0 Å². The Morgan fingerprint density at radius 3 is 2.23 bits per heavy atom. The van der Waals surface area contributed by atoms with E-state index in [0.29, 0.717) is 17.1 Å². The van der Waals surface area contributed by atoms with Gasteiger partial charge in [0.25, 0.3) is 5.91 Å². The van der Waals surface area contributed by atoms with Gasteiger partial charge in [-0.1, -0.05) is 12.1 Å². The van der Waals surface area contributed by atoms with Crippen molar-refractivity contribution in [3.05, 3.63) is 53.1 Å². The molecule has 0 aromatic heterocycles. The lowest BCUT2D eigenvalue weighted by atomic mass is 10.1. The van der Waals surface area contributed by atoms with E-state index in [2.05, 4.69) is 5.32 Å². The summed E-state index contributed by atoms with van der Waals surface area (Å²) in [5.74, 6) is 0.476. The number of amides is 2. The van der Waals surface area contributed by atoms with Crippen molar-refractivity contribution in [2.45, 2.75) is 13.8 Å². The topological polar surface area (TPSA) is 67.9 Å². The van der Waals surface area contributed by atoms with Gasteiger partial charge in [0.1, 0.15) is 11.5 Å². The summed E-state index contributed by atoms with van der Waals surface area (Å²) >= 11 is 0. The van der Waals surface area contributed by atoms with Crippen molar-refractivity contribution in [3.63, 3.8) is 0 Å². The standard InChI is InChI=1S/C20H24N2O4/c1-13-7-6-8-18(14(13)2)21-19(23)12-22(3)20(24)15-9-16(25-4)11-17(10-15)26-5/h6-11H,12H2,1-5H3,(H,21,23). The second-order valence-corrected chi connectivity index (χ2v) is 6.06. The molecule has 0 aliphatic carbocycles. The molecule has 2 aromatic carbocycles. The van der Waals surface area contributed by atoms with Crippen LogP contribution in [-0.2, 0) is 4.79 Å². The first-order chi connectivity index (χ1) is 12.3. The molecule has 0 aliphatic heterocycles. The molecule has 26 heavy (non-hydrogen) atoms. The second kappa shape index (κ2) is 8.38. The maximum absolute atomic E-state index is 12.6. The van der Waals surface area contributed by atoms with Gasteiger partial charge in [0.2, 0.25) is 5.91 Å². The number of likely N-dealkylation sites (N-methyl/N-ethyl adjacent to an activating group) is 1. The molecule has 0 heterocycles. The van der Waals surface area contributed by atoms with Gasteiger partial charge in [0, 0.05) is 24.4 Å². The second-order valence-electron chi connectivity index (χ2n) is 6.06. The Hall–Kier alpha value is -3.02. The van der Waals surface area contributed by atoms with E-state index in [1.54, 1.807) is 25.2 Å². The Morgan fingerprint density at radius 1 is 1.04 bits per heavy atom. The summed E-state index contributed by atoms with van der Waals surface area (Å²) in [6.45, 7) is 3.87. The Balaban J connectivity index is 2.09. The van der Waals surface area contributed by atoms with Crippen molar-refractivity contribution in [3.8, 4) is 11.5 Å². The molecule has 2 aromatic rings. The van der Waals surface area contributed by atoms with Gasteiger partial charge in [-0.15, -0.1) is 0 Å².